The van der Waals surface area contributed by atoms with Crippen LogP contribution in [0.5, 0.6) is 0 Å². The molecular weight excluding hydrogens is 252 g/mol. The van der Waals surface area contributed by atoms with Crippen molar-refractivity contribution in [1.82, 2.24) is 4.98 Å². The predicted molar refractivity (Wildman–Crippen MR) is 76.5 cm³/mol. The third-order valence-electron chi connectivity index (χ3n) is 2.15. The van der Waals surface area contributed by atoms with Gasteiger partial charge in [-0.2, -0.15) is 11.8 Å². The van der Waals surface area contributed by atoms with Crippen LogP contribution in [-0.2, 0) is 22.6 Å². The standard InChI is InChI=1S/C12H22N2OS2/c1-8(2)16-7-10-14-9(6-15-5)11(17-10)12(3,4)13/h8H,6-7,13H2,1-5H3. The van der Waals surface area contributed by atoms with E-state index in [4.69, 9.17) is 10.5 Å². The number of rotatable bonds is 6. The second kappa shape index (κ2) is 6.18. The molecule has 0 amide bonds. The summed E-state index contributed by atoms with van der Waals surface area (Å²) in [7, 11) is 1.69. The van der Waals surface area contributed by atoms with Gasteiger partial charge in [-0.3, -0.25) is 0 Å². The summed E-state index contributed by atoms with van der Waals surface area (Å²) in [5.41, 5.74) is 6.81. The minimum Gasteiger partial charge on any atom is -0.378 e. The van der Waals surface area contributed by atoms with Gasteiger partial charge in [0.25, 0.3) is 0 Å². The lowest BCUT2D eigenvalue weighted by atomic mass is 10.0. The maximum atomic E-state index is 6.17. The smallest absolute Gasteiger partial charge is 0.103 e. The summed E-state index contributed by atoms with van der Waals surface area (Å²) in [4.78, 5) is 5.77. The molecule has 0 aliphatic carbocycles. The van der Waals surface area contributed by atoms with E-state index in [1.54, 1.807) is 18.4 Å². The Labute approximate surface area is 112 Å². The summed E-state index contributed by atoms with van der Waals surface area (Å²) in [5, 5.41) is 1.77. The number of nitrogens with zero attached hydrogens (tertiary/aromatic N) is 1. The molecule has 98 valence electrons. The maximum absolute atomic E-state index is 6.17. The van der Waals surface area contributed by atoms with Crippen LogP contribution in [0.15, 0.2) is 0 Å². The van der Waals surface area contributed by atoms with E-state index < -0.39 is 0 Å². The minimum absolute atomic E-state index is 0.341. The molecule has 0 saturated heterocycles. The number of methoxy groups -OCH3 is 1. The molecule has 0 atom stereocenters. The van der Waals surface area contributed by atoms with E-state index in [2.05, 4.69) is 18.8 Å². The third kappa shape index (κ3) is 4.58. The quantitative estimate of drug-likeness (QED) is 0.866. The summed E-state index contributed by atoms with van der Waals surface area (Å²) in [6, 6.07) is 0. The van der Waals surface area contributed by atoms with Gasteiger partial charge in [0.2, 0.25) is 0 Å². The molecule has 2 N–H and O–H groups in total. The molecule has 5 heteroatoms. The molecule has 0 aromatic carbocycles. The van der Waals surface area contributed by atoms with Crippen LogP contribution >= 0.6 is 23.1 Å². The number of ether oxygens (including phenoxy) is 1. The Hall–Kier alpha value is -0.100. The second-order valence-electron chi connectivity index (χ2n) is 4.90. The Balaban J connectivity index is 2.88. The van der Waals surface area contributed by atoms with Crippen molar-refractivity contribution < 1.29 is 4.74 Å². The molecule has 1 rings (SSSR count). The SMILES string of the molecule is COCc1nc(CSC(C)C)sc1C(C)(C)N. The molecule has 17 heavy (non-hydrogen) atoms. The van der Waals surface area contributed by atoms with Crippen molar-refractivity contribution in [2.45, 2.75) is 50.8 Å². The zero-order chi connectivity index (χ0) is 13.1. The monoisotopic (exact) mass is 274 g/mol. The average Bonchev–Trinajstić information content (AvgIpc) is 2.58. The van der Waals surface area contributed by atoms with Gasteiger partial charge in [0, 0.05) is 23.3 Å². The van der Waals surface area contributed by atoms with Crippen molar-refractivity contribution >= 4 is 23.1 Å². The summed E-state index contributed by atoms with van der Waals surface area (Å²) >= 11 is 3.61. The number of thiazole rings is 1. The summed E-state index contributed by atoms with van der Waals surface area (Å²) in [6.45, 7) is 8.96. The molecule has 0 aliphatic rings. The van der Waals surface area contributed by atoms with Gasteiger partial charge in [-0.25, -0.2) is 4.98 Å². The Bertz CT molecular complexity index is 356. The highest BCUT2D eigenvalue weighted by molar-refractivity contribution is 7.99. The molecule has 0 aliphatic heterocycles. The van der Waals surface area contributed by atoms with E-state index in [0.29, 0.717) is 11.9 Å². The largest absolute Gasteiger partial charge is 0.378 e. The molecule has 3 nitrogen and oxygen atoms in total. The Kier molecular flexibility index (Phi) is 5.44. The molecule has 0 unspecified atom stereocenters. The van der Waals surface area contributed by atoms with E-state index in [-0.39, 0.29) is 5.54 Å². The lowest BCUT2D eigenvalue weighted by molar-refractivity contribution is 0.180. The van der Waals surface area contributed by atoms with E-state index in [0.717, 1.165) is 21.3 Å². The average molecular weight is 274 g/mol. The minimum atomic E-state index is -0.341. The van der Waals surface area contributed by atoms with Gasteiger partial charge < -0.3 is 10.5 Å². The summed E-state index contributed by atoms with van der Waals surface area (Å²) in [6.07, 6.45) is 0. The van der Waals surface area contributed by atoms with Crippen LogP contribution in [0.4, 0.5) is 0 Å². The van der Waals surface area contributed by atoms with Gasteiger partial charge in [0.1, 0.15) is 5.01 Å². The summed E-state index contributed by atoms with van der Waals surface area (Å²) < 4.78 is 5.18. The normalized spacial score (nSPS) is 12.4. The first-order valence-electron chi connectivity index (χ1n) is 5.73. The molecule has 0 radical (unpaired) electrons. The molecule has 1 aromatic rings. The number of hydrogen-bond acceptors (Lipinski definition) is 5. The van der Waals surface area contributed by atoms with Crippen LogP contribution in [-0.4, -0.2) is 17.3 Å². The van der Waals surface area contributed by atoms with Gasteiger partial charge in [-0.15, -0.1) is 11.3 Å². The highest BCUT2D eigenvalue weighted by atomic mass is 32.2. The van der Waals surface area contributed by atoms with Crippen molar-refractivity contribution in [3.05, 3.63) is 15.6 Å². The maximum Gasteiger partial charge on any atom is 0.103 e. The van der Waals surface area contributed by atoms with Crippen molar-refractivity contribution in [3.8, 4) is 0 Å². The predicted octanol–water partition coefficient (Wildman–Crippen LogP) is 3.12. The van der Waals surface area contributed by atoms with E-state index in [9.17, 15) is 0 Å². The Morgan fingerprint density at radius 3 is 2.59 bits per heavy atom. The van der Waals surface area contributed by atoms with Crippen LogP contribution < -0.4 is 5.73 Å². The van der Waals surface area contributed by atoms with Gasteiger partial charge in [-0.1, -0.05) is 13.8 Å². The first kappa shape index (κ1) is 15.0. The fraction of sp³-hybridized carbons (Fsp3) is 0.750. The number of hydrogen-bond donors (Lipinski definition) is 1. The van der Waals surface area contributed by atoms with Gasteiger partial charge in [0.15, 0.2) is 0 Å². The van der Waals surface area contributed by atoms with Crippen molar-refractivity contribution in [3.63, 3.8) is 0 Å². The van der Waals surface area contributed by atoms with Crippen molar-refractivity contribution in [2.75, 3.05) is 7.11 Å². The van der Waals surface area contributed by atoms with E-state index in [1.165, 1.54) is 0 Å². The zero-order valence-electron chi connectivity index (χ0n) is 11.2. The highest BCUT2D eigenvalue weighted by Crippen LogP contribution is 2.31. The topological polar surface area (TPSA) is 48.1 Å². The fourth-order valence-electron chi connectivity index (χ4n) is 1.44. The van der Waals surface area contributed by atoms with Crippen molar-refractivity contribution in [2.24, 2.45) is 5.73 Å². The molecule has 0 spiro atoms. The fourth-order valence-corrected chi connectivity index (χ4v) is 3.30. The van der Waals surface area contributed by atoms with E-state index >= 15 is 0 Å². The lowest BCUT2D eigenvalue weighted by Crippen LogP contribution is -2.28. The first-order chi connectivity index (χ1) is 7.84. The molecule has 0 fully saturated rings. The van der Waals surface area contributed by atoms with Crippen molar-refractivity contribution in [1.29, 1.82) is 0 Å². The molecule has 0 bridgehead atoms. The van der Waals surface area contributed by atoms with Crippen LogP contribution in [0.2, 0.25) is 0 Å². The lowest BCUT2D eigenvalue weighted by Gasteiger charge is -2.17. The van der Waals surface area contributed by atoms with Crippen LogP contribution in [0, 0.1) is 0 Å². The van der Waals surface area contributed by atoms with Crippen LogP contribution in [0.3, 0.4) is 0 Å². The second-order valence-corrected chi connectivity index (χ2v) is 7.55. The summed E-state index contributed by atoms with van der Waals surface area (Å²) in [5.74, 6) is 0.953. The van der Waals surface area contributed by atoms with Gasteiger partial charge in [0.05, 0.1) is 12.3 Å². The van der Waals surface area contributed by atoms with Gasteiger partial charge in [-0.05, 0) is 19.1 Å². The molecule has 1 aromatic heterocycles. The Morgan fingerprint density at radius 1 is 1.47 bits per heavy atom. The third-order valence-corrected chi connectivity index (χ3v) is 4.87. The first-order valence-corrected chi connectivity index (χ1v) is 7.59. The Morgan fingerprint density at radius 2 is 2.12 bits per heavy atom. The number of nitrogens with two attached hydrogens (primary N) is 1. The highest BCUT2D eigenvalue weighted by Gasteiger charge is 2.23. The molecular formula is C12H22N2OS2. The number of aromatic nitrogens is 1. The van der Waals surface area contributed by atoms with Gasteiger partial charge >= 0.3 is 0 Å². The molecule has 1 heterocycles. The molecule has 0 saturated carbocycles. The van der Waals surface area contributed by atoms with E-state index in [1.807, 2.05) is 25.6 Å². The van der Waals surface area contributed by atoms with Crippen LogP contribution in [0.25, 0.3) is 0 Å². The zero-order valence-corrected chi connectivity index (χ0v) is 12.9. The number of thioether (sulfide) groups is 1. The van der Waals surface area contributed by atoms with Crippen LogP contribution in [0.1, 0.15) is 43.3 Å².